The van der Waals surface area contributed by atoms with Crippen molar-refractivity contribution < 1.29 is 0 Å². The summed E-state index contributed by atoms with van der Waals surface area (Å²) >= 11 is 0. The van der Waals surface area contributed by atoms with Crippen LogP contribution in [0.5, 0.6) is 0 Å². The summed E-state index contributed by atoms with van der Waals surface area (Å²) in [7, 11) is 0. The van der Waals surface area contributed by atoms with Gasteiger partial charge in [0.1, 0.15) is 0 Å². The highest BCUT2D eigenvalue weighted by Crippen LogP contribution is 1.95. The second kappa shape index (κ2) is 3.44. The van der Waals surface area contributed by atoms with Gasteiger partial charge in [0.2, 0.25) is 0 Å². The molecule has 1 nitrogen and oxygen atoms in total. The fourth-order valence-corrected chi connectivity index (χ4v) is 0.366. The van der Waals surface area contributed by atoms with Crippen molar-refractivity contribution in [2.75, 3.05) is 0 Å². The van der Waals surface area contributed by atoms with E-state index in [1.165, 1.54) is 0 Å². The summed E-state index contributed by atoms with van der Waals surface area (Å²) in [5.41, 5.74) is 6.45. The van der Waals surface area contributed by atoms with Crippen molar-refractivity contribution in [1.82, 2.24) is 0 Å². The van der Waals surface area contributed by atoms with Crippen molar-refractivity contribution in [1.29, 1.82) is 0 Å². The van der Waals surface area contributed by atoms with Crippen LogP contribution in [-0.4, -0.2) is 6.04 Å². The Morgan fingerprint density at radius 1 is 1.75 bits per heavy atom. The van der Waals surface area contributed by atoms with E-state index in [1.54, 1.807) is 0 Å². The molecule has 0 radical (unpaired) electrons. The third kappa shape index (κ3) is 2.59. The molecule has 0 saturated heterocycles. The second-order valence-electron chi connectivity index (χ2n) is 1.86. The summed E-state index contributed by atoms with van der Waals surface area (Å²) in [6.07, 6.45) is 3.86. The molecule has 1 atom stereocenters. The molecule has 8 heavy (non-hydrogen) atoms. The molecule has 0 aromatic rings. The van der Waals surface area contributed by atoms with E-state index in [1.807, 2.05) is 26.0 Å². The third-order valence-electron chi connectivity index (χ3n) is 0.966. The van der Waals surface area contributed by atoms with E-state index in [9.17, 15) is 0 Å². The van der Waals surface area contributed by atoms with Gasteiger partial charge in [0.25, 0.3) is 0 Å². The van der Waals surface area contributed by atoms with Crippen LogP contribution in [0.4, 0.5) is 0 Å². The highest BCUT2D eigenvalue weighted by molar-refractivity contribution is 5.18. The van der Waals surface area contributed by atoms with Crippen molar-refractivity contribution in [3.63, 3.8) is 0 Å². The van der Waals surface area contributed by atoms with Crippen molar-refractivity contribution in [3.8, 4) is 0 Å². The van der Waals surface area contributed by atoms with Gasteiger partial charge in [-0.05, 0) is 19.4 Å². The van der Waals surface area contributed by atoms with Gasteiger partial charge in [0.05, 0.1) is 0 Å². The Labute approximate surface area is 50.9 Å². The molecule has 0 aliphatic heterocycles. The van der Waals surface area contributed by atoms with Crippen LogP contribution in [0.25, 0.3) is 0 Å². The lowest BCUT2D eigenvalue weighted by atomic mass is 10.1. The molecule has 1 unspecified atom stereocenters. The van der Waals surface area contributed by atoms with Crippen LogP contribution in [0, 0.1) is 0 Å². The Balaban J connectivity index is 3.66. The van der Waals surface area contributed by atoms with Gasteiger partial charge in [0.15, 0.2) is 0 Å². The van der Waals surface area contributed by atoms with Gasteiger partial charge >= 0.3 is 0 Å². The first-order chi connectivity index (χ1) is 3.68. The maximum Gasteiger partial charge on any atom is 0.0260 e. The fourth-order valence-electron chi connectivity index (χ4n) is 0.366. The van der Waals surface area contributed by atoms with E-state index < -0.39 is 0 Å². The maximum absolute atomic E-state index is 5.47. The number of rotatable bonds is 2. The smallest absolute Gasteiger partial charge is 0.0260 e. The van der Waals surface area contributed by atoms with Crippen LogP contribution in [0.3, 0.4) is 0 Å². The lowest BCUT2D eigenvalue weighted by Gasteiger charge is -2.01. The number of nitrogens with two attached hydrogens (primary N) is 1. The second-order valence-corrected chi connectivity index (χ2v) is 1.86. The average molecular weight is 111 g/mol. The quantitative estimate of drug-likeness (QED) is 0.536. The molecule has 46 valence electrons. The molecule has 0 aromatic carbocycles. The van der Waals surface area contributed by atoms with E-state index in [0.717, 1.165) is 5.57 Å². The van der Waals surface area contributed by atoms with Crippen LogP contribution in [0.2, 0.25) is 0 Å². The SMILES string of the molecule is C=C(C=CC)C(C)N. The van der Waals surface area contributed by atoms with Crippen molar-refractivity contribution >= 4 is 0 Å². The van der Waals surface area contributed by atoms with E-state index >= 15 is 0 Å². The lowest BCUT2D eigenvalue weighted by molar-refractivity contribution is 0.889. The van der Waals surface area contributed by atoms with Crippen LogP contribution in [0.1, 0.15) is 13.8 Å². The Hall–Kier alpha value is -0.560. The molecule has 0 aliphatic rings. The molecule has 0 heterocycles. The summed E-state index contributed by atoms with van der Waals surface area (Å²) in [5, 5.41) is 0. The fraction of sp³-hybridized carbons (Fsp3) is 0.429. The zero-order valence-electron chi connectivity index (χ0n) is 5.52. The summed E-state index contributed by atoms with van der Waals surface area (Å²) in [5.74, 6) is 0. The van der Waals surface area contributed by atoms with Gasteiger partial charge in [-0.15, -0.1) is 0 Å². The molecule has 1 heteroatoms. The summed E-state index contributed by atoms with van der Waals surface area (Å²) in [4.78, 5) is 0. The Bertz CT molecular complexity index is 101. The largest absolute Gasteiger partial charge is 0.324 e. The monoisotopic (exact) mass is 111 g/mol. The van der Waals surface area contributed by atoms with Crippen LogP contribution in [0.15, 0.2) is 24.3 Å². The van der Waals surface area contributed by atoms with Crippen LogP contribution < -0.4 is 5.73 Å². The molecule has 0 spiro atoms. The van der Waals surface area contributed by atoms with Gasteiger partial charge in [-0.1, -0.05) is 18.7 Å². The average Bonchev–Trinajstić information content (AvgIpc) is 1.67. The predicted molar refractivity (Wildman–Crippen MR) is 37.6 cm³/mol. The van der Waals surface area contributed by atoms with Gasteiger partial charge in [-0.3, -0.25) is 0 Å². The Morgan fingerprint density at radius 2 is 2.25 bits per heavy atom. The van der Waals surface area contributed by atoms with Crippen LogP contribution in [-0.2, 0) is 0 Å². The van der Waals surface area contributed by atoms with E-state index in [4.69, 9.17) is 5.73 Å². The standard InChI is InChI=1S/C7H13N/c1-4-5-6(2)7(3)8/h4-5,7H,2,8H2,1,3H3. The molecule has 0 aliphatic carbocycles. The summed E-state index contributed by atoms with van der Waals surface area (Å²) in [6.45, 7) is 7.60. The number of allylic oxidation sites excluding steroid dienone is 1. The van der Waals surface area contributed by atoms with Gasteiger partial charge in [0, 0.05) is 6.04 Å². The summed E-state index contributed by atoms with van der Waals surface area (Å²) < 4.78 is 0. The van der Waals surface area contributed by atoms with Gasteiger partial charge in [-0.25, -0.2) is 0 Å². The first-order valence-electron chi connectivity index (χ1n) is 2.75. The Morgan fingerprint density at radius 3 is 2.38 bits per heavy atom. The molecule has 0 fully saturated rings. The van der Waals surface area contributed by atoms with E-state index in [2.05, 4.69) is 6.58 Å². The van der Waals surface area contributed by atoms with Crippen molar-refractivity contribution in [2.45, 2.75) is 19.9 Å². The van der Waals surface area contributed by atoms with E-state index in [-0.39, 0.29) is 6.04 Å². The van der Waals surface area contributed by atoms with Crippen molar-refractivity contribution in [3.05, 3.63) is 24.3 Å². The minimum absolute atomic E-state index is 0.0891. The third-order valence-corrected chi connectivity index (χ3v) is 0.966. The first-order valence-corrected chi connectivity index (χ1v) is 2.75. The molecule has 0 saturated carbocycles. The lowest BCUT2D eigenvalue weighted by Crippen LogP contribution is -2.15. The molecular weight excluding hydrogens is 98.1 g/mol. The predicted octanol–water partition coefficient (Wildman–Crippen LogP) is 1.47. The molecular formula is C7H13N. The van der Waals surface area contributed by atoms with Gasteiger partial charge < -0.3 is 5.73 Å². The number of hydrogen-bond acceptors (Lipinski definition) is 1. The topological polar surface area (TPSA) is 26.0 Å². The molecule has 0 rings (SSSR count). The molecule has 2 N–H and O–H groups in total. The minimum Gasteiger partial charge on any atom is -0.324 e. The minimum atomic E-state index is 0.0891. The van der Waals surface area contributed by atoms with Gasteiger partial charge in [-0.2, -0.15) is 0 Å². The summed E-state index contributed by atoms with van der Waals surface area (Å²) in [6, 6.07) is 0.0891. The van der Waals surface area contributed by atoms with Crippen LogP contribution >= 0.6 is 0 Å². The molecule has 0 amide bonds. The zero-order valence-corrected chi connectivity index (χ0v) is 5.52. The van der Waals surface area contributed by atoms with E-state index in [0.29, 0.717) is 0 Å². The normalized spacial score (nSPS) is 14.4. The highest BCUT2D eigenvalue weighted by Gasteiger charge is 1.91. The Kier molecular flexibility index (Phi) is 3.20. The zero-order chi connectivity index (χ0) is 6.57. The molecule has 0 aromatic heterocycles. The highest BCUT2D eigenvalue weighted by atomic mass is 14.6. The maximum atomic E-state index is 5.47. The number of hydrogen-bond donors (Lipinski definition) is 1. The first kappa shape index (κ1) is 7.44. The molecule has 0 bridgehead atoms. The van der Waals surface area contributed by atoms with Crippen molar-refractivity contribution in [2.24, 2.45) is 5.73 Å².